The van der Waals surface area contributed by atoms with Crippen LogP contribution in [0.15, 0.2) is 169 Å². The first kappa shape index (κ1) is 29.0. The zero-order chi connectivity index (χ0) is 32.5. The Hall–Kier alpha value is -6.39. The van der Waals surface area contributed by atoms with Gasteiger partial charge < -0.3 is 4.42 Å². The van der Waals surface area contributed by atoms with Crippen molar-refractivity contribution in [3.63, 3.8) is 0 Å². The van der Waals surface area contributed by atoms with Gasteiger partial charge in [-0.15, -0.1) is 0 Å². The third kappa shape index (κ3) is 5.50. The zero-order valence-corrected chi connectivity index (χ0v) is 26.5. The molecule has 0 aliphatic rings. The van der Waals surface area contributed by atoms with Crippen LogP contribution < -0.4 is 0 Å². The van der Waals surface area contributed by atoms with Crippen LogP contribution in [0.25, 0.3) is 77.8 Å². The van der Waals surface area contributed by atoms with Crippen molar-refractivity contribution in [1.82, 2.24) is 15.0 Å². The van der Waals surface area contributed by atoms with E-state index in [-0.39, 0.29) is 0 Å². The number of hydrogen-bond acceptors (Lipinski definition) is 4. The third-order valence-electron chi connectivity index (χ3n) is 8.66. The number of benzene rings is 6. The maximum Gasteiger partial charge on any atom is 0.164 e. The number of rotatable bonds is 7. The minimum absolute atomic E-state index is 0.516. The summed E-state index contributed by atoms with van der Waals surface area (Å²) in [6.07, 6.45) is 6.11. The van der Waals surface area contributed by atoms with Crippen LogP contribution >= 0.6 is 0 Å². The first-order valence-electron chi connectivity index (χ1n) is 16.0. The molecule has 0 aliphatic heterocycles. The average Bonchev–Trinajstić information content (AvgIpc) is 3.53. The largest absolute Gasteiger partial charge is 0.456 e. The lowest BCUT2D eigenvalue weighted by atomic mass is 9.99. The maximum atomic E-state index is 6.47. The normalized spacial score (nSPS) is 12.0. The van der Waals surface area contributed by atoms with Crippen molar-refractivity contribution in [2.75, 3.05) is 0 Å². The van der Waals surface area contributed by atoms with Gasteiger partial charge >= 0.3 is 0 Å². The summed E-state index contributed by atoms with van der Waals surface area (Å²) in [6, 6.07) is 47.7. The minimum atomic E-state index is 0.516. The molecule has 0 amide bonds. The van der Waals surface area contributed by atoms with Crippen LogP contribution in [0, 0.1) is 0 Å². The van der Waals surface area contributed by atoms with E-state index in [4.69, 9.17) is 19.4 Å². The van der Waals surface area contributed by atoms with Gasteiger partial charge in [-0.05, 0) is 64.2 Å². The molecule has 8 rings (SSSR count). The van der Waals surface area contributed by atoms with Crippen molar-refractivity contribution in [2.45, 2.75) is 6.92 Å². The van der Waals surface area contributed by atoms with E-state index in [1.807, 2.05) is 79.7 Å². The third-order valence-corrected chi connectivity index (χ3v) is 8.66. The molecule has 228 valence electrons. The minimum Gasteiger partial charge on any atom is -0.456 e. The lowest BCUT2D eigenvalue weighted by molar-refractivity contribution is 0.669. The van der Waals surface area contributed by atoms with E-state index in [0.29, 0.717) is 23.0 Å². The standard InChI is InChI=1S/C44H31N3O/c1-3-30(31-13-6-4-7-14-31)22-21-29(2)42-45-43(33-16-8-5-9-17-33)47-44(46-42)38-19-12-20-39-41(38)37-26-25-36(28-40(37)48-39)35-24-23-32-15-10-11-18-34(32)27-35/h3-28H,2H2,1H3/b22-21-,30-3+. The van der Waals surface area contributed by atoms with E-state index in [1.165, 1.54) is 10.8 Å². The molecule has 2 heterocycles. The van der Waals surface area contributed by atoms with E-state index in [2.05, 4.69) is 91.5 Å². The molecule has 0 radical (unpaired) electrons. The SMILES string of the molecule is C=C(/C=C\C(=C/C)c1ccccc1)c1nc(-c2ccccc2)nc(-c2cccc3oc4cc(-c5ccc6ccccc6c5)ccc4c23)n1. The van der Waals surface area contributed by atoms with E-state index < -0.39 is 0 Å². The topological polar surface area (TPSA) is 51.8 Å². The Balaban J connectivity index is 1.23. The number of allylic oxidation sites excluding steroid dienone is 5. The smallest absolute Gasteiger partial charge is 0.164 e. The van der Waals surface area contributed by atoms with Crippen molar-refractivity contribution in [1.29, 1.82) is 0 Å². The van der Waals surface area contributed by atoms with Gasteiger partial charge in [-0.1, -0.05) is 140 Å². The highest BCUT2D eigenvalue weighted by atomic mass is 16.3. The van der Waals surface area contributed by atoms with Crippen LogP contribution in [0.2, 0.25) is 0 Å². The van der Waals surface area contributed by atoms with E-state index in [0.717, 1.165) is 55.3 Å². The van der Waals surface area contributed by atoms with Gasteiger partial charge in [-0.2, -0.15) is 0 Å². The molecule has 0 unspecified atom stereocenters. The number of aromatic nitrogens is 3. The molecule has 6 aromatic carbocycles. The summed E-state index contributed by atoms with van der Waals surface area (Å²) in [5.74, 6) is 1.67. The molecular formula is C44H31N3O. The summed E-state index contributed by atoms with van der Waals surface area (Å²) in [5, 5.41) is 4.40. The van der Waals surface area contributed by atoms with Gasteiger partial charge in [0.1, 0.15) is 11.2 Å². The average molecular weight is 618 g/mol. The van der Waals surface area contributed by atoms with E-state index in [1.54, 1.807) is 0 Å². The predicted molar refractivity (Wildman–Crippen MR) is 199 cm³/mol. The summed E-state index contributed by atoms with van der Waals surface area (Å²) in [4.78, 5) is 14.9. The van der Waals surface area contributed by atoms with Gasteiger partial charge in [0.2, 0.25) is 0 Å². The molecule has 4 nitrogen and oxygen atoms in total. The monoisotopic (exact) mass is 617 g/mol. The quantitative estimate of drug-likeness (QED) is 0.167. The van der Waals surface area contributed by atoms with Crippen LogP contribution in [0.1, 0.15) is 18.3 Å². The highest BCUT2D eigenvalue weighted by Gasteiger charge is 2.18. The Bertz CT molecular complexity index is 2530. The van der Waals surface area contributed by atoms with Gasteiger partial charge in [0.15, 0.2) is 17.5 Å². The van der Waals surface area contributed by atoms with Crippen LogP contribution in [0.3, 0.4) is 0 Å². The molecule has 4 heteroatoms. The summed E-state index contributed by atoms with van der Waals surface area (Å²) in [5.41, 5.74) is 8.53. The molecule has 0 N–H and O–H groups in total. The molecule has 0 spiro atoms. The highest BCUT2D eigenvalue weighted by Crippen LogP contribution is 2.38. The molecule has 0 aliphatic carbocycles. The lowest BCUT2D eigenvalue weighted by Crippen LogP contribution is -2.02. The fourth-order valence-electron chi connectivity index (χ4n) is 6.17. The molecule has 0 saturated carbocycles. The maximum absolute atomic E-state index is 6.47. The molecule has 0 fully saturated rings. The van der Waals surface area contributed by atoms with Crippen molar-refractivity contribution in [3.8, 4) is 33.9 Å². The van der Waals surface area contributed by atoms with Crippen LogP contribution in [0.5, 0.6) is 0 Å². The second-order valence-corrected chi connectivity index (χ2v) is 11.7. The van der Waals surface area contributed by atoms with Crippen LogP contribution in [-0.4, -0.2) is 15.0 Å². The highest BCUT2D eigenvalue weighted by molar-refractivity contribution is 6.12. The molecule has 0 atom stereocenters. The zero-order valence-electron chi connectivity index (χ0n) is 26.5. The van der Waals surface area contributed by atoms with Crippen LogP contribution in [0.4, 0.5) is 0 Å². The van der Waals surface area contributed by atoms with Crippen molar-refractivity contribution in [3.05, 3.63) is 176 Å². The molecule has 0 bridgehead atoms. The Kier molecular flexibility index (Phi) is 7.52. The molecule has 8 aromatic rings. The fourth-order valence-corrected chi connectivity index (χ4v) is 6.17. The van der Waals surface area contributed by atoms with Gasteiger partial charge in [-0.25, -0.2) is 15.0 Å². The second kappa shape index (κ2) is 12.4. The number of nitrogens with zero attached hydrogens (tertiary/aromatic N) is 3. The predicted octanol–water partition coefficient (Wildman–Crippen LogP) is 11.6. The van der Waals surface area contributed by atoms with E-state index >= 15 is 0 Å². The summed E-state index contributed by atoms with van der Waals surface area (Å²) in [6.45, 7) is 6.40. The molecular weight excluding hydrogens is 587 g/mol. The first-order chi connectivity index (χ1) is 23.6. The van der Waals surface area contributed by atoms with Gasteiger partial charge in [0.25, 0.3) is 0 Å². The second-order valence-electron chi connectivity index (χ2n) is 11.7. The molecule has 0 saturated heterocycles. The summed E-state index contributed by atoms with van der Waals surface area (Å²) in [7, 11) is 0. The molecule has 2 aromatic heterocycles. The van der Waals surface area contributed by atoms with Gasteiger partial charge in [0, 0.05) is 27.5 Å². The number of fused-ring (bicyclic) bond motifs is 4. The first-order valence-corrected chi connectivity index (χ1v) is 16.0. The summed E-state index contributed by atoms with van der Waals surface area (Å²) >= 11 is 0. The van der Waals surface area contributed by atoms with E-state index in [9.17, 15) is 0 Å². The van der Waals surface area contributed by atoms with Gasteiger partial charge in [-0.3, -0.25) is 0 Å². The Labute approximate surface area is 279 Å². The van der Waals surface area contributed by atoms with Crippen molar-refractivity contribution < 1.29 is 4.42 Å². The Morgan fingerprint density at radius 2 is 1.29 bits per heavy atom. The van der Waals surface area contributed by atoms with Crippen molar-refractivity contribution >= 4 is 43.9 Å². The Morgan fingerprint density at radius 1 is 0.583 bits per heavy atom. The lowest BCUT2D eigenvalue weighted by Gasteiger charge is -2.09. The molecule has 48 heavy (non-hydrogen) atoms. The number of furan rings is 1. The number of hydrogen-bond donors (Lipinski definition) is 0. The fraction of sp³-hybridized carbons (Fsp3) is 0.0227. The van der Waals surface area contributed by atoms with Crippen LogP contribution in [-0.2, 0) is 0 Å². The Morgan fingerprint density at radius 3 is 2.10 bits per heavy atom. The van der Waals surface area contributed by atoms with Crippen molar-refractivity contribution in [2.24, 2.45) is 0 Å². The summed E-state index contributed by atoms with van der Waals surface area (Å²) < 4.78 is 6.47. The van der Waals surface area contributed by atoms with Gasteiger partial charge in [0.05, 0.1) is 0 Å².